The van der Waals surface area contributed by atoms with Crippen molar-refractivity contribution in [2.24, 2.45) is 0 Å². The molecule has 0 amide bonds. The third kappa shape index (κ3) is 2.25. The number of carbonyl (C=O) groups excluding carboxylic acids is 1. The van der Waals surface area contributed by atoms with E-state index >= 15 is 0 Å². The number of carbonyl (C=O) groups is 1. The van der Waals surface area contributed by atoms with E-state index in [4.69, 9.17) is 17.3 Å². The summed E-state index contributed by atoms with van der Waals surface area (Å²) in [6, 6.07) is 7.09. The molecule has 0 radical (unpaired) electrons. The quantitative estimate of drug-likeness (QED) is 0.851. The van der Waals surface area contributed by atoms with Gasteiger partial charge in [0.2, 0.25) is 0 Å². The van der Waals surface area contributed by atoms with E-state index in [9.17, 15) is 4.79 Å². The van der Waals surface area contributed by atoms with Gasteiger partial charge in [-0.05, 0) is 23.7 Å². The molecule has 2 N–H and O–H groups in total. The highest BCUT2D eigenvalue weighted by molar-refractivity contribution is 7.09. The van der Waals surface area contributed by atoms with Crippen molar-refractivity contribution in [3.05, 3.63) is 34.2 Å². The average molecular weight is 269 g/mol. The van der Waals surface area contributed by atoms with Crippen LogP contribution in [0.25, 0.3) is 11.3 Å². The predicted molar refractivity (Wildman–Crippen MR) is 68.3 cm³/mol. The van der Waals surface area contributed by atoms with E-state index in [1.54, 1.807) is 24.3 Å². The second-order valence-electron chi connectivity index (χ2n) is 3.27. The zero-order valence-corrected chi connectivity index (χ0v) is 10.5. The number of halogens is 1. The van der Waals surface area contributed by atoms with Crippen molar-refractivity contribution in [3.63, 3.8) is 0 Å². The lowest BCUT2D eigenvalue weighted by Crippen LogP contribution is -2.02. The smallest absolute Gasteiger partial charge is 0.351 e. The number of rotatable bonds is 2. The molecule has 1 aromatic heterocycles. The molecule has 0 bridgehead atoms. The molecule has 0 atom stereocenters. The van der Waals surface area contributed by atoms with Gasteiger partial charge in [0.25, 0.3) is 0 Å². The first-order valence-corrected chi connectivity index (χ1v) is 5.88. The van der Waals surface area contributed by atoms with Crippen LogP contribution in [0.5, 0.6) is 0 Å². The van der Waals surface area contributed by atoms with Crippen LogP contribution < -0.4 is 5.73 Å². The number of hydrogen-bond acceptors (Lipinski definition) is 5. The summed E-state index contributed by atoms with van der Waals surface area (Å²) in [4.78, 5) is 11.7. The Morgan fingerprint density at radius 2 is 2.06 bits per heavy atom. The molecular formula is C11H9ClN2O2S. The van der Waals surface area contributed by atoms with Crippen LogP contribution in [0, 0.1) is 0 Å². The Morgan fingerprint density at radius 3 is 2.65 bits per heavy atom. The molecule has 0 aliphatic carbocycles. The van der Waals surface area contributed by atoms with E-state index in [1.165, 1.54) is 7.11 Å². The Kier molecular flexibility index (Phi) is 3.31. The molecule has 0 aliphatic heterocycles. The number of methoxy groups -OCH3 is 1. The number of benzene rings is 1. The van der Waals surface area contributed by atoms with Crippen LogP contribution in [0.15, 0.2) is 24.3 Å². The topological polar surface area (TPSA) is 65.2 Å². The second-order valence-corrected chi connectivity index (χ2v) is 4.48. The van der Waals surface area contributed by atoms with E-state index in [0.29, 0.717) is 21.3 Å². The van der Waals surface area contributed by atoms with Crippen molar-refractivity contribution in [3.8, 4) is 11.3 Å². The monoisotopic (exact) mass is 268 g/mol. The molecule has 1 aromatic carbocycles. The minimum absolute atomic E-state index is 0.317. The minimum atomic E-state index is -0.472. The van der Waals surface area contributed by atoms with Crippen molar-refractivity contribution < 1.29 is 9.53 Å². The summed E-state index contributed by atoms with van der Waals surface area (Å²) in [5.41, 5.74) is 7.60. The third-order valence-corrected chi connectivity index (χ3v) is 3.31. The Morgan fingerprint density at radius 1 is 1.41 bits per heavy atom. The number of aromatic nitrogens is 1. The van der Waals surface area contributed by atoms with Crippen LogP contribution in [0.2, 0.25) is 5.02 Å². The Labute approximate surface area is 107 Å². The number of esters is 1. The van der Waals surface area contributed by atoms with Gasteiger partial charge in [-0.1, -0.05) is 23.7 Å². The van der Waals surface area contributed by atoms with Gasteiger partial charge in [0, 0.05) is 10.6 Å². The van der Waals surface area contributed by atoms with E-state index in [2.05, 4.69) is 9.11 Å². The normalized spacial score (nSPS) is 10.2. The molecule has 0 saturated carbocycles. The summed E-state index contributed by atoms with van der Waals surface area (Å²) in [5, 5.41) is 0.635. The number of nitrogens with zero attached hydrogens (tertiary/aromatic N) is 1. The lowest BCUT2D eigenvalue weighted by molar-refractivity contribution is 0.0607. The fraction of sp³-hybridized carbons (Fsp3) is 0.0909. The number of hydrogen-bond donors (Lipinski definition) is 1. The van der Waals surface area contributed by atoms with Gasteiger partial charge in [0.05, 0.1) is 12.8 Å². The first-order chi connectivity index (χ1) is 8.13. The summed E-state index contributed by atoms with van der Waals surface area (Å²) >= 11 is 6.82. The maximum absolute atomic E-state index is 11.4. The highest BCUT2D eigenvalue weighted by Crippen LogP contribution is 2.31. The van der Waals surface area contributed by atoms with Crippen LogP contribution in [-0.4, -0.2) is 17.5 Å². The van der Waals surface area contributed by atoms with Crippen LogP contribution in [0.1, 0.15) is 9.67 Å². The van der Waals surface area contributed by atoms with Crippen LogP contribution in [-0.2, 0) is 4.74 Å². The van der Waals surface area contributed by atoms with Crippen molar-refractivity contribution in [1.82, 2.24) is 4.37 Å². The second kappa shape index (κ2) is 4.73. The van der Waals surface area contributed by atoms with Gasteiger partial charge < -0.3 is 10.5 Å². The Bertz CT molecular complexity index is 551. The summed E-state index contributed by atoms with van der Waals surface area (Å²) < 4.78 is 8.77. The van der Waals surface area contributed by atoms with Crippen LogP contribution in [0.3, 0.4) is 0 Å². The molecule has 0 fully saturated rings. The summed E-state index contributed by atoms with van der Waals surface area (Å²) in [6.45, 7) is 0. The summed E-state index contributed by atoms with van der Waals surface area (Å²) in [6.07, 6.45) is 0. The molecule has 4 nitrogen and oxygen atoms in total. The first-order valence-electron chi connectivity index (χ1n) is 4.73. The van der Waals surface area contributed by atoms with Gasteiger partial charge in [-0.3, -0.25) is 0 Å². The molecule has 2 aromatic rings. The summed E-state index contributed by atoms with van der Waals surface area (Å²) in [7, 11) is 1.31. The van der Waals surface area contributed by atoms with Crippen LogP contribution in [0.4, 0.5) is 5.69 Å². The van der Waals surface area contributed by atoms with Crippen molar-refractivity contribution in [2.75, 3.05) is 12.8 Å². The standard InChI is InChI=1S/C11H9ClN2O2S/c1-16-11(15)10-8(13)9(14-17-10)6-2-4-7(12)5-3-6/h2-5H,13H2,1H3. The molecule has 1 heterocycles. The van der Waals surface area contributed by atoms with Gasteiger partial charge >= 0.3 is 5.97 Å². The minimum Gasteiger partial charge on any atom is -0.465 e. The van der Waals surface area contributed by atoms with Crippen molar-refractivity contribution in [1.29, 1.82) is 0 Å². The van der Waals surface area contributed by atoms with E-state index in [1.807, 2.05) is 0 Å². The van der Waals surface area contributed by atoms with Gasteiger partial charge in [-0.25, -0.2) is 4.79 Å². The molecule has 0 unspecified atom stereocenters. The first kappa shape index (κ1) is 11.9. The number of anilines is 1. The molecule has 17 heavy (non-hydrogen) atoms. The van der Waals surface area contributed by atoms with Gasteiger partial charge in [0.15, 0.2) is 4.88 Å². The zero-order valence-electron chi connectivity index (χ0n) is 8.94. The highest BCUT2D eigenvalue weighted by Gasteiger charge is 2.18. The molecule has 0 spiro atoms. The SMILES string of the molecule is COC(=O)c1snc(-c2ccc(Cl)cc2)c1N. The van der Waals surface area contributed by atoms with Gasteiger partial charge in [0.1, 0.15) is 5.69 Å². The molecule has 0 aliphatic rings. The van der Waals surface area contributed by atoms with E-state index in [0.717, 1.165) is 17.1 Å². The summed E-state index contributed by atoms with van der Waals surface area (Å²) in [5.74, 6) is -0.472. The number of ether oxygens (including phenoxy) is 1. The fourth-order valence-electron chi connectivity index (χ4n) is 1.35. The average Bonchev–Trinajstić information content (AvgIpc) is 2.71. The lowest BCUT2D eigenvalue weighted by atomic mass is 10.1. The Balaban J connectivity index is 2.44. The molecule has 6 heteroatoms. The fourth-order valence-corrected chi connectivity index (χ4v) is 2.22. The third-order valence-electron chi connectivity index (χ3n) is 2.22. The van der Waals surface area contributed by atoms with E-state index < -0.39 is 5.97 Å². The van der Waals surface area contributed by atoms with Crippen LogP contribution >= 0.6 is 23.1 Å². The number of nitrogens with two attached hydrogens (primary N) is 1. The largest absolute Gasteiger partial charge is 0.465 e. The van der Waals surface area contributed by atoms with Gasteiger partial charge in [-0.2, -0.15) is 4.37 Å². The highest BCUT2D eigenvalue weighted by atomic mass is 35.5. The maximum Gasteiger partial charge on any atom is 0.351 e. The maximum atomic E-state index is 11.4. The molecular weight excluding hydrogens is 260 g/mol. The molecule has 88 valence electrons. The van der Waals surface area contributed by atoms with Crippen molar-refractivity contribution in [2.45, 2.75) is 0 Å². The van der Waals surface area contributed by atoms with E-state index in [-0.39, 0.29) is 0 Å². The molecule has 0 saturated heterocycles. The van der Waals surface area contributed by atoms with Gasteiger partial charge in [-0.15, -0.1) is 0 Å². The predicted octanol–water partition coefficient (Wildman–Crippen LogP) is 2.83. The lowest BCUT2D eigenvalue weighted by Gasteiger charge is -2.00. The molecule has 2 rings (SSSR count). The number of nitrogen functional groups attached to an aromatic ring is 1. The van der Waals surface area contributed by atoms with Crippen molar-refractivity contribution >= 4 is 34.8 Å². The zero-order chi connectivity index (χ0) is 12.4. The Hall–Kier alpha value is -1.59.